The molecular weight excluding hydrogens is 372 g/mol. The van der Waals surface area contributed by atoms with E-state index >= 15 is 0 Å². The molecule has 0 saturated carbocycles. The molecule has 6 nitrogen and oxygen atoms in total. The van der Waals surface area contributed by atoms with E-state index in [-0.39, 0.29) is 0 Å². The van der Waals surface area contributed by atoms with Crippen molar-refractivity contribution in [3.63, 3.8) is 0 Å². The SMILES string of the molecule is C[C@@H]1CCCCN1CCCc1nnc(CCCN2CCCC[C@H]2C)n1-n1cccc1. The van der Waals surface area contributed by atoms with E-state index in [0.717, 1.165) is 49.4 Å². The number of nitrogens with zero attached hydrogens (tertiary/aromatic N) is 6. The summed E-state index contributed by atoms with van der Waals surface area (Å²) in [6.07, 6.45) is 16.6. The predicted molar refractivity (Wildman–Crippen MR) is 122 cm³/mol. The van der Waals surface area contributed by atoms with Gasteiger partial charge < -0.3 is 9.80 Å². The highest BCUT2D eigenvalue weighted by Gasteiger charge is 2.20. The summed E-state index contributed by atoms with van der Waals surface area (Å²) in [6.45, 7) is 9.60. The van der Waals surface area contributed by atoms with Gasteiger partial charge >= 0.3 is 0 Å². The Balaban J connectivity index is 1.36. The van der Waals surface area contributed by atoms with Gasteiger partial charge in [0.25, 0.3) is 0 Å². The molecule has 2 aromatic rings. The van der Waals surface area contributed by atoms with Crippen LogP contribution in [0, 0.1) is 0 Å². The number of hydrogen-bond donors (Lipinski definition) is 0. The van der Waals surface area contributed by atoms with Gasteiger partial charge in [-0.25, -0.2) is 4.68 Å². The first kappa shape index (κ1) is 21.6. The van der Waals surface area contributed by atoms with E-state index in [1.54, 1.807) is 0 Å². The van der Waals surface area contributed by atoms with E-state index in [4.69, 9.17) is 0 Å². The zero-order valence-corrected chi connectivity index (χ0v) is 19.0. The fraction of sp³-hybridized carbons (Fsp3) is 0.750. The van der Waals surface area contributed by atoms with Crippen molar-refractivity contribution >= 4 is 0 Å². The van der Waals surface area contributed by atoms with E-state index in [1.807, 2.05) is 0 Å². The number of piperidine rings is 2. The molecule has 0 aromatic carbocycles. The molecule has 0 N–H and O–H groups in total. The minimum atomic E-state index is 0.730. The molecule has 2 aromatic heterocycles. The first-order chi connectivity index (χ1) is 14.7. The second-order valence-corrected chi connectivity index (χ2v) is 9.38. The Hall–Kier alpha value is -1.66. The fourth-order valence-electron chi connectivity index (χ4n) is 5.25. The van der Waals surface area contributed by atoms with Crippen molar-refractivity contribution in [1.29, 1.82) is 0 Å². The van der Waals surface area contributed by atoms with Crippen molar-refractivity contribution in [2.24, 2.45) is 0 Å². The van der Waals surface area contributed by atoms with Crippen LogP contribution in [0.2, 0.25) is 0 Å². The topological polar surface area (TPSA) is 42.1 Å². The van der Waals surface area contributed by atoms with Crippen LogP contribution in [0.3, 0.4) is 0 Å². The zero-order valence-electron chi connectivity index (χ0n) is 19.0. The zero-order chi connectivity index (χ0) is 20.8. The lowest BCUT2D eigenvalue weighted by atomic mass is 10.0. The molecule has 6 heteroatoms. The quantitative estimate of drug-likeness (QED) is 0.624. The van der Waals surface area contributed by atoms with Gasteiger partial charge in [0.2, 0.25) is 0 Å². The van der Waals surface area contributed by atoms with Gasteiger partial charge in [-0.15, -0.1) is 10.2 Å². The summed E-state index contributed by atoms with van der Waals surface area (Å²) < 4.78 is 4.40. The summed E-state index contributed by atoms with van der Waals surface area (Å²) in [6, 6.07) is 5.62. The Kier molecular flexibility index (Phi) is 7.61. The second-order valence-electron chi connectivity index (χ2n) is 9.38. The lowest BCUT2D eigenvalue weighted by Gasteiger charge is -2.33. The maximum absolute atomic E-state index is 4.61. The van der Waals surface area contributed by atoms with Crippen LogP contribution < -0.4 is 0 Å². The number of likely N-dealkylation sites (tertiary alicyclic amines) is 2. The molecule has 2 atom stereocenters. The summed E-state index contributed by atoms with van der Waals surface area (Å²) in [7, 11) is 0. The van der Waals surface area contributed by atoms with Crippen LogP contribution >= 0.6 is 0 Å². The maximum atomic E-state index is 4.61. The largest absolute Gasteiger partial charge is 0.301 e. The third kappa shape index (κ3) is 5.33. The molecule has 0 unspecified atom stereocenters. The molecule has 0 amide bonds. The van der Waals surface area contributed by atoms with Gasteiger partial charge in [0, 0.05) is 37.3 Å². The average molecular weight is 413 g/mol. The van der Waals surface area contributed by atoms with Crippen LogP contribution in [-0.2, 0) is 12.8 Å². The molecule has 30 heavy (non-hydrogen) atoms. The van der Waals surface area contributed by atoms with Gasteiger partial charge in [0.05, 0.1) is 0 Å². The molecule has 2 aliphatic rings. The standard InChI is InChI=1S/C24H40N6/c1-21-11-3-5-15-27(21)17-9-13-23-25-26-24(30(23)29-19-7-8-20-29)14-10-18-28-16-6-4-12-22(28)2/h7-8,19-22H,3-6,9-18H2,1-2H3/t21-,22-/m1/s1. The van der Waals surface area contributed by atoms with Crippen molar-refractivity contribution in [2.45, 2.75) is 90.1 Å². The average Bonchev–Trinajstić information content (AvgIpc) is 3.41. The van der Waals surface area contributed by atoms with Crippen molar-refractivity contribution in [2.75, 3.05) is 26.2 Å². The monoisotopic (exact) mass is 412 g/mol. The number of aromatic nitrogens is 4. The summed E-state index contributed by atoms with van der Waals surface area (Å²) in [4.78, 5) is 5.31. The molecule has 0 aliphatic carbocycles. The van der Waals surface area contributed by atoms with Gasteiger partial charge in [0.1, 0.15) is 0 Å². The van der Waals surface area contributed by atoms with Crippen LogP contribution in [0.25, 0.3) is 0 Å². The van der Waals surface area contributed by atoms with E-state index in [1.165, 1.54) is 64.7 Å². The van der Waals surface area contributed by atoms with E-state index in [9.17, 15) is 0 Å². The summed E-state index contributed by atoms with van der Waals surface area (Å²) in [5, 5.41) is 9.23. The van der Waals surface area contributed by atoms with Crippen LogP contribution in [0.4, 0.5) is 0 Å². The van der Waals surface area contributed by atoms with E-state index < -0.39 is 0 Å². The highest BCUT2D eigenvalue weighted by Crippen LogP contribution is 2.19. The Labute approximate surface area is 182 Å². The van der Waals surface area contributed by atoms with Crippen molar-refractivity contribution in [1.82, 2.24) is 29.3 Å². The summed E-state index contributed by atoms with van der Waals surface area (Å²) >= 11 is 0. The highest BCUT2D eigenvalue weighted by atomic mass is 15.5. The van der Waals surface area contributed by atoms with Gasteiger partial charge in [-0.3, -0.25) is 4.68 Å². The van der Waals surface area contributed by atoms with Crippen molar-refractivity contribution in [3.8, 4) is 0 Å². The maximum Gasteiger partial charge on any atom is 0.153 e. The lowest BCUT2D eigenvalue weighted by Crippen LogP contribution is -2.38. The summed E-state index contributed by atoms with van der Waals surface area (Å²) in [5.41, 5.74) is 0. The number of rotatable bonds is 9. The molecule has 166 valence electrons. The third-order valence-corrected chi connectivity index (χ3v) is 7.16. The molecule has 4 rings (SSSR count). The Morgan fingerprint density at radius 3 is 1.73 bits per heavy atom. The first-order valence-electron chi connectivity index (χ1n) is 12.3. The lowest BCUT2D eigenvalue weighted by molar-refractivity contribution is 0.158. The molecule has 0 bridgehead atoms. The number of aryl methyl sites for hydroxylation is 2. The van der Waals surface area contributed by atoms with Crippen molar-refractivity contribution < 1.29 is 0 Å². The normalized spacial score (nSPS) is 23.8. The van der Waals surface area contributed by atoms with Gasteiger partial charge in [-0.1, -0.05) is 12.8 Å². The minimum Gasteiger partial charge on any atom is -0.301 e. The van der Waals surface area contributed by atoms with Crippen LogP contribution in [0.1, 0.15) is 76.9 Å². The minimum absolute atomic E-state index is 0.730. The number of hydrogen-bond acceptors (Lipinski definition) is 4. The smallest absolute Gasteiger partial charge is 0.153 e. The predicted octanol–water partition coefficient (Wildman–Crippen LogP) is 4.01. The van der Waals surface area contributed by atoms with E-state index in [0.29, 0.717) is 0 Å². The van der Waals surface area contributed by atoms with Crippen LogP contribution in [0.5, 0.6) is 0 Å². The van der Waals surface area contributed by atoms with Crippen molar-refractivity contribution in [3.05, 3.63) is 36.2 Å². The second kappa shape index (κ2) is 10.6. The van der Waals surface area contributed by atoms with Crippen LogP contribution in [-0.4, -0.2) is 67.6 Å². The first-order valence-corrected chi connectivity index (χ1v) is 12.3. The molecule has 2 saturated heterocycles. The Morgan fingerprint density at radius 1 is 0.767 bits per heavy atom. The molecular formula is C24H40N6. The molecule has 2 fully saturated rings. The third-order valence-electron chi connectivity index (χ3n) is 7.16. The fourth-order valence-corrected chi connectivity index (χ4v) is 5.25. The molecule has 2 aliphatic heterocycles. The summed E-state index contributed by atoms with van der Waals surface area (Å²) in [5.74, 6) is 2.19. The Morgan fingerprint density at radius 2 is 1.27 bits per heavy atom. The molecule has 4 heterocycles. The van der Waals surface area contributed by atoms with Crippen LogP contribution in [0.15, 0.2) is 24.5 Å². The molecule has 0 radical (unpaired) electrons. The van der Waals surface area contributed by atoms with E-state index in [2.05, 4.69) is 67.7 Å². The van der Waals surface area contributed by atoms with Gasteiger partial charge in [-0.05, 0) is 90.7 Å². The molecule has 0 spiro atoms. The highest BCUT2D eigenvalue weighted by molar-refractivity contribution is 5.02. The van der Waals surface area contributed by atoms with Gasteiger partial charge in [0.15, 0.2) is 11.6 Å². The Bertz CT molecular complexity index is 706. The van der Waals surface area contributed by atoms with Gasteiger partial charge in [-0.2, -0.15) is 0 Å².